The van der Waals surface area contributed by atoms with Crippen LogP contribution < -0.4 is 15.4 Å². The predicted octanol–water partition coefficient (Wildman–Crippen LogP) is 1.87. The van der Waals surface area contributed by atoms with Gasteiger partial charge in [-0.1, -0.05) is 12.1 Å². The summed E-state index contributed by atoms with van der Waals surface area (Å²) in [6.07, 6.45) is -0.192. The number of para-hydroxylation sites is 1. The molecule has 2 rings (SSSR count). The van der Waals surface area contributed by atoms with Crippen molar-refractivity contribution in [2.45, 2.75) is 39.0 Å². The van der Waals surface area contributed by atoms with E-state index < -0.39 is 0 Å². The van der Waals surface area contributed by atoms with Crippen LogP contribution in [0.4, 0.5) is 4.39 Å². The van der Waals surface area contributed by atoms with Crippen molar-refractivity contribution in [3.8, 4) is 5.75 Å². The average molecular weight is 366 g/mol. The van der Waals surface area contributed by atoms with Gasteiger partial charge in [-0.2, -0.15) is 0 Å². The van der Waals surface area contributed by atoms with Gasteiger partial charge in [-0.3, -0.25) is 9.89 Å². The molecule has 0 spiro atoms. The average Bonchev–Trinajstić information content (AvgIpc) is 2.64. The minimum Gasteiger partial charge on any atom is -0.486 e. The van der Waals surface area contributed by atoms with E-state index in [1.54, 1.807) is 25.2 Å². The quantitative estimate of drug-likeness (QED) is 0.570. The van der Waals surface area contributed by atoms with Gasteiger partial charge < -0.3 is 20.1 Å². The normalized spacial score (nSPS) is 21.1. The number of nitrogens with zero attached hydrogens (tertiary/aromatic N) is 2. The first kappa shape index (κ1) is 20.5. The number of guanidine groups is 1. The number of aliphatic imine (C=N–C) groups is 1. The van der Waals surface area contributed by atoms with Crippen molar-refractivity contribution >= 4 is 5.96 Å². The van der Waals surface area contributed by atoms with Crippen molar-refractivity contribution in [3.63, 3.8) is 0 Å². The first-order valence-corrected chi connectivity index (χ1v) is 9.20. The molecule has 26 heavy (non-hydrogen) atoms. The summed E-state index contributed by atoms with van der Waals surface area (Å²) in [6.45, 7) is 10.1. The van der Waals surface area contributed by atoms with E-state index in [1.807, 2.05) is 6.92 Å². The second-order valence-corrected chi connectivity index (χ2v) is 6.70. The van der Waals surface area contributed by atoms with Gasteiger partial charge in [0.15, 0.2) is 17.5 Å². The van der Waals surface area contributed by atoms with Crippen LogP contribution in [0.2, 0.25) is 0 Å². The SMILES string of the molecule is CN=C(NCC(C)Oc1ccccc1F)NCC(C)N1CCOCC1C. The van der Waals surface area contributed by atoms with Crippen molar-refractivity contribution in [1.82, 2.24) is 15.5 Å². The van der Waals surface area contributed by atoms with Gasteiger partial charge in [0, 0.05) is 32.2 Å². The second-order valence-electron chi connectivity index (χ2n) is 6.70. The minimum absolute atomic E-state index is 0.192. The van der Waals surface area contributed by atoms with Crippen LogP contribution in [0.1, 0.15) is 20.8 Å². The molecule has 0 saturated carbocycles. The fourth-order valence-electron chi connectivity index (χ4n) is 3.02. The van der Waals surface area contributed by atoms with Crippen LogP contribution in [0.5, 0.6) is 5.75 Å². The van der Waals surface area contributed by atoms with Crippen LogP contribution in [-0.4, -0.2) is 68.9 Å². The zero-order chi connectivity index (χ0) is 18.9. The van der Waals surface area contributed by atoms with Crippen molar-refractivity contribution in [2.75, 3.05) is 39.9 Å². The molecule has 1 aliphatic heterocycles. The maximum atomic E-state index is 13.6. The van der Waals surface area contributed by atoms with E-state index in [0.29, 0.717) is 24.6 Å². The smallest absolute Gasteiger partial charge is 0.191 e. The van der Waals surface area contributed by atoms with Crippen molar-refractivity contribution in [3.05, 3.63) is 30.1 Å². The molecule has 0 amide bonds. The molecule has 1 aliphatic rings. The number of ether oxygens (including phenoxy) is 2. The highest BCUT2D eigenvalue weighted by Crippen LogP contribution is 2.16. The Bertz CT molecular complexity index is 584. The number of morpholine rings is 1. The lowest BCUT2D eigenvalue weighted by molar-refractivity contribution is -0.0174. The highest BCUT2D eigenvalue weighted by atomic mass is 19.1. The summed E-state index contributed by atoms with van der Waals surface area (Å²) in [5.41, 5.74) is 0. The topological polar surface area (TPSA) is 58.1 Å². The Morgan fingerprint density at radius 1 is 1.35 bits per heavy atom. The molecule has 0 radical (unpaired) electrons. The number of benzene rings is 1. The molecule has 2 N–H and O–H groups in total. The fraction of sp³-hybridized carbons (Fsp3) is 0.632. The van der Waals surface area contributed by atoms with Crippen molar-refractivity contribution in [2.24, 2.45) is 4.99 Å². The van der Waals surface area contributed by atoms with E-state index in [9.17, 15) is 4.39 Å². The van der Waals surface area contributed by atoms with E-state index >= 15 is 0 Å². The number of rotatable bonds is 7. The van der Waals surface area contributed by atoms with Gasteiger partial charge in [0.05, 0.1) is 19.8 Å². The minimum atomic E-state index is -0.352. The second kappa shape index (κ2) is 10.3. The summed E-state index contributed by atoms with van der Waals surface area (Å²) in [7, 11) is 1.74. The number of hydrogen-bond acceptors (Lipinski definition) is 4. The highest BCUT2D eigenvalue weighted by Gasteiger charge is 2.23. The Hall–Kier alpha value is -1.86. The van der Waals surface area contributed by atoms with Crippen LogP contribution in [0, 0.1) is 5.82 Å². The molecule has 0 aliphatic carbocycles. The Balaban J connectivity index is 1.74. The molecule has 6 nitrogen and oxygen atoms in total. The lowest BCUT2D eigenvalue weighted by Crippen LogP contribution is -2.53. The van der Waals surface area contributed by atoms with Crippen LogP contribution in [0.3, 0.4) is 0 Å². The molecule has 1 saturated heterocycles. The Morgan fingerprint density at radius 3 is 2.77 bits per heavy atom. The van der Waals surface area contributed by atoms with Gasteiger partial charge >= 0.3 is 0 Å². The van der Waals surface area contributed by atoms with Crippen LogP contribution in [-0.2, 0) is 4.74 Å². The van der Waals surface area contributed by atoms with E-state index in [4.69, 9.17) is 9.47 Å². The highest BCUT2D eigenvalue weighted by molar-refractivity contribution is 5.79. The molecule has 1 fully saturated rings. The molecule has 7 heteroatoms. The summed E-state index contributed by atoms with van der Waals surface area (Å²) < 4.78 is 24.8. The van der Waals surface area contributed by atoms with Crippen LogP contribution >= 0.6 is 0 Å². The molecule has 0 aromatic heterocycles. The van der Waals surface area contributed by atoms with Gasteiger partial charge in [0.1, 0.15) is 6.10 Å². The zero-order valence-electron chi connectivity index (χ0n) is 16.2. The third-order valence-electron chi connectivity index (χ3n) is 4.50. The van der Waals surface area contributed by atoms with E-state index in [0.717, 1.165) is 26.3 Å². The fourth-order valence-corrected chi connectivity index (χ4v) is 3.02. The Labute approximate surface area is 155 Å². The Morgan fingerprint density at radius 2 is 2.08 bits per heavy atom. The molecule has 1 aromatic carbocycles. The summed E-state index contributed by atoms with van der Waals surface area (Å²) in [4.78, 5) is 6.68. The first-order valence-electron chi connectivity index (χ1n) is 9.20. The van der Waals surface area contributed by atoms with Gasteiger partial charge in [0.25, 0.3) is 0 Å². The van der Waals surface area contributed by atoms with E-state index in [-0.39, 0.29) is 17.7 Å². The first-order chi connectivity index (χ1) is 12.5. The van der Waals surface area contributed by atoms with E-state index in [2.05, 4.69) is 34.4 Å². The molecule has 0 bridgehead atoms. The summed E-state index contributed by atoms with van der Waals surface area (Å²) in [5, 5.41) is 6.57. The Kier molecular flexibility index (Phi) is 8.12. The van der Waals surface area contributed by atoms with Gasteiger partial charge in [-0.25, -0.2) is 4.39 Å². The number of halogens is 1. The van der Waals surface area contributed by atoms with E-state index in [1.165, 1.54) is 6.07 Å². The predicted molar refractivity (Wildman–Crippen MR) is 102 cm³/mol. The number of hydrogen-bond donors (Lipinski definition) is 2. The maximum Gasteiger partial charge on any atom is 0.191 e. The van der Waals surface area contributed by atoms with Crippen molar-refractivity contribution in [1.29, 1.82) is 0 Å². The third-order valence-corrected chi connectivity index (χ3v) is 4.50. The molecule has 1 heterocycles. The van der Waals surface area contributed by atoms with Gasteiger partial charge in [-0.05, 0) is 32.9 Å². The maximum absolute atomic E-state index is 13.6. The van der Waals surface area contributed by atoms with Gasteiger partial charge in [-0.15, -0.1) is 0 Å². The van der Waals surface area contributed by atoms with Crippen LogP contribution in [0.25, 0.3) is 0 Å². The lowest BCUT2D eigenvalue weighted by atomic mass is 10.2. The van der Waals surface area contributed by atoms with Crippen molar-refractivity contribution < 1.29 is 13.9 Å². The lowest BCUT2D eigenvalue weighted by Gasteiger charge is -2.38. The molecule has 3 unspecified atom stereocenters. The molecular weight excluding hydrogens is 335 g/mol. The summed E-state index contributed by atoms with van der Waals surface area (Å²) in [6, 6.07) is 7.22. The monoisotopic (exact) mass is 366 g/mol. The summed E-state index contributed by atoms with van der Waals surface area (Å²) >= 11 is 0. The number of nitrogens with one attached hydrogen (secondary N) is 2. The van der Waals surface area contributed by atoms with Crippen LogP contribution in [0.15, 0.2) is 29.3 Å². The molecule has 146 valence electrons. The third kappa shape index (κ3) is 6.14. The van der Waals surface area contributed by atoms with Gasteiger partial charge in [0.2, 0.25) is 0 Å². The molecule has 3 atom stereocenters. The molecular formula is C19H31FN4O2. The summed E-state index contributed by atoms with van der Waals surface area (Å²) in [5.74, 6) is 0.622. The largest absolute Gasteiger partial charge is 0.486 e. The zero-order valence-corrected chi connectivity index (χ0v) is 16.2. The standard InChI is InChI=1S/C19H31FN4O2/c1-14(24-9-10-25-13-15(24)2)11-22-19(21-4)23-12-16(3)26-18-8-6-5-7-17(18)20/h5-8,14-16H,9-13H2,1-4H3,(H2,21,22,23). The molecule has 1 aromatic rings.